The lowest BCUT2D eigenvalue weighted by molar-refractivity contribution is -0.131. The number of guanidine groups is 1. The molecule has 0 aromatic rings. The zero-order valence-electron chi connectivity index (χ0n) is 18.0. The summed E-state index contributed by atoms with van der Waals surface area (Å²) in [5.74, 6) is 0.978. The van der Waals surface area contributed by atoms with Crippen LogP contribution in [0.15, 0.2) is 4.99 Å². The molecule has 1 saturated heterocycles. The van der Waals surface area contributed by atoms with Crippen LogP contribution in [0.2, 0.25) is 0 Å². The molecule has 0 unspecified atom stereocenters. The van der Waals surface area contributed by atoms with Crippen LogP contribution >= 0.6 is 24.0 Å². The number of piperazine rings is 1. The van der Waals surface area contributed by atoms with Gasteiger partial charge in [0.15, 0.2) is 5.96 Å². The second-order valence-corrected chi connectivity index (χ2v) is 7.01. The largest absolute Gasteiger partial charge is 0.357 e. The van der Waals surface area contributed by atoms with E-state index in [9.17, 15) is 4.79 Å². The van der Waals surface area contributed by atoms with E-state index in [4.69, 9.17) is 4.99 Å². The van der Waals surface area contributed by atoms with Crippen molar-refractivity contribution in [3.8, 4) is 0 Å². The highest BCUT2D eigenvalue weighted by Crippen LogP contribution is 2.02. The first-order valence-electron chi connectivity index (χ1n) is 10.2. The lowest BCUT2D eigenvalue weighted by atomic mass is 10.2. The van der Waals surface area contributed by atoms with E-state index < -0.39 is 0 Å². The van der Waals surface area contributed by atoms with Crippen LogP contribution in [0, 0.1) is 0 Å². The minimum Gasteiger partial charge on any atom is -0.357 e. The van der Waals surface area contributed by atoms with Crippen molar-refractivity contribution in [1.82, 2.24) is 24.9 Å². The van der Waals surface area contributed by atoms with Crippen LogP contribution in [0.4, 0.5) is 0 Å². The summed E-state index contributed by atoms with van der Waals surface area (Å²) in [5, 5.41) is 3.30. The Bertz CT molecular complexity index is 422. The molecule has 7 nitrogen and oxygen atoms in total. The van der Waals surface area contributed by atoms with E-state index in [0.29, 0.717) is 6.54 Å². The van der Waals surface area contributed by atoms with Crippen LogP contribution in [-0.4, -0.2) is 111 Å². The first-order chi connectivity index (χ1) is 12.5. The molecule has 1 N–H and O–H groups in total. The third-order valence-corrected chi connectivity index (χ3v) is 4.92. The Balaban J connectivity index is 0.00000676. The second kappa shape index (κ2) is 15.3. The smallest absolute Gasteiger partial charge is 0.242 e. The summed E-state index contributed by atoms with van der Waals surface area (Å²) in [6, 6.07) is 0. The average Bonchev–Trinajstić information content (AvgIpc) is 2.63. The molecule has 1 aliphatic heterocycles. The van der Waals surface area contributed by atoms with Gasteiger partial charge in [-0.05, 0) is 47.2 Å². The number of halogens is 1. The SMILES string of the molecule is CCNC(=NCCCCN1CCN(C)CC1)N(C)CC(=O)N(CC)CC.I. The van der Waals surface area contributed by atoms with Crippen molar-refractivity contribution in [2.45, 2.75) is 33.6 Å². The van der Waals surface area contributed by atoms with Crippen LogP contribution in [-0.2, 0) is 4.79 Å². The van der Waals surface area contributed by atoms with E-state index in [1.54, 1.807) is 0 Å². The summed E-state index contributed by atoms with van der Waals surface area (Å²) >= 11 is 0. The predicted molar refractivity (Wildman–Crippen MR) is 125 cm³/mol. The van der Waals surface area contributed by atoms with Gasteiger partial charge in [-0.25, -0.2) is 0 Å². The minimum atomic E-state index is 0. The molecule has 0 saturated carbocycles. The first kappa shape index (κ1) is 26.4. The molecule has 0 spiro atoms. The maximum atomic E-state index is 12.3. The molecule has 1 aliphatic rings. The molecule has 1 heterocycles. The molecule has 0 bridgehead atoms. The van der Waals surface area contributed by atoms with Crippen LogP contribution < -0.4 is 5.32 Å². The first-order valence-corrected chi connectivity index (χ1v) is 10.2. The molecular formula is C19H41IN6O. The molecule has 1 rings (SSSR count). The Labute approximate surface area is 183 Å². The summed E-state index contributed by atoms with van der Waals surface area (Å²) in [6.07, 6.45) is 2.26. The summed E-state index contributed by atoms with van der Waals surface area (Å²) in [6.45, 7) is 15.4. The van der Waals surface area contributed by atoms with Crippen LogP contribution in [0.25, 0.3) is 0 Å². The average molecular weight is 496 g/mol. The summed E-state index contributed by atoms with van der Waals surface area (Å²) in [5.41, 5.74) is 0. The fraction of sp³-hybridized carbons (Fsp3) is 0.895. The number of carbonyl (C=O) groups excluding carboxylic acids is 1. The number of hydrogen-bond acceptors (Lipinski definition) is 4. The Kier molecular flexibility index (Phi) is 15.0. The van der Waals surface area contributed by atoms with Gasteiger partial charge in [-0.1, -0.05) is 0 Å². The van der Waals surface area contributed by atoms with E-state index in [1.165, 1.54) is 32.6 Å². The minimum absolute atomic E-state index is 0. The quantitative estimate of drug-likeness (QED) is 0.215. The fourth-order valence-electron chi connectivity index (χ4n) is 3.13. The lowest BCUT2D eigenvalue weighted by Crippen LogP contribution is -2.45. The highest BCUT2D eigenvalue weighted by molar-refractivity contribution is 14.0. The summed E-state index contributed by atoms with van der Waals surface area (Å²) < 4.78 is 0. The fourth-order valence-corrected chi connectivity index (χ4v) is 3.13. The van der Waals surface area contributed by atoms with Crippen molar-refractivity contribution in [3.05, 3.63) is 0 Å². The van der Waals surface area contributed by atoms with Gasteiger partial charge in [-0.2, -0.15) is 0 Å². The number of nitrogens with one attached hydrogen (secondary N) is 1. The monoisotopic (exact) mass is 496 g/mol. The molecule has 27 heavy (non-hydrogen) atoms. The molecular weight excluding hydrogens is 455 g/mol. The molecule has 0 aliphatic carbocycles. The third kappa shape index (κ3) is 10.5. The van der Waals surface area contributed by atoms with E-state index >= 15 is 0 Å². The van der Waals surface area contributed by atoms with E-state index in [-0.39, 0.29) is 29.9 Å². The van der Waals surface area contributed by atoms with Gasteiger partial charge in [0.25, 0.3) is 0 Å². The van der Waals surface area contributed by atoms with Gasteiger partial charge < -0.3 is 24.9 Å². The number of unbranched alkanes of at least 4 members (excludes halogenated alkanes) is 1. The predicted octanol–water partition coefficient (Wildman–Crippen LogP) is 1.40. The van der Waals surface area contributed by atoms with Crippen LogP contribution in [0.5, 0.6) is 0 Å². The molecule has 0 atom stereocenters. The summed E-state index contributed by atoms with van der Waals surface area (Å²) in [4.78, 5) is 25.7. The maximum absolute atomic E-state index is 12.3. The number of likely N-dealkylation sites (N-methyl/N-ethyl adjacent to an activating group) is 3. The maximum Gasteiger partial charge on any atom is 0.242 e. The van der Waals surface area contributed by atoms with Crippen molar-refractivity contribution in [3.63, 3.8) is 0 Å². The molecule has 0 aromatic heterocycles. The zero-order chi connectivity index (χ0) is 19.4. The molecule has 8 heteroatoms. The summed E-state index contributed by atoms with van der Waals surface area (Å²) in [7, 11) is 4.13. The highest BCUT2D eigenvalue weighted by atomic mass is 127. The highest BCUT2D eigenvalue weighted by Gasteiger charge is 2.15. The number of carbonyl (C=O) groups is 1. The Morgan fingerprint density at radius 2 is 1.70 bits per heavy atom. The molecule has 160 valence electrons. The van der Waals surface area contributed by atoms with E-state index in [2.05, 4.69) is 29.1 Å². The zero-order valence-corrected chi connectivity index (χ0v) is 20.4. The number of nitrogens with zero attached hydrogens (tertiary/aromatic N) is 5. The van der Waals surface area contributed by atoms with Crippen molar-refractivity contribution in [2.75, 3.05) is 79.5 Å². The van der Waals surface area contributed by atoms with Gasteiger partial charge >= 0.3 is 0 Å². The van der Waals surface area contributed by atoms with Crippen molar-refractivity contribution < 1.29 is 4.79 Å². The van der Waals surface area contributed by atoms with Gasteiger partial charge in [0.1, 0.15) is 0 Å². The van der Waals surface area contributed by atoms with Gasteiger partial charge in [0.2, 0.25) is 5.91 Å². The van der Waals surface area contributed by atoms with Crippen LogP contribution in [0.3, 0.4) is 0 Å². The van der Waals surface area contributed by atoms with E-state index in [1.807, 2.05) is 30.7 Å². The van der Waals surface area contributed by atoms with E-state index in [0.717, 1.165) is 45.1 Å². The van der Waals surface area contributed by atoms with Gasteiger partial charge in [0, 0.05) is 59.4 Å². The normalized spacial score (nSPS) is 16.0. The second-order valence-electron chi connectivity index (χ2n) is 7.01. The van der Waals surface area contributed by atoms with Gasteiger partial charge in [-0.3, -0.25) is 9.79 Å². The van der Waals surface area contributed by atoms with Crippen molar-refractivity contribution >= 4 is 35.8 Å². The molecule has 0 aromatic carbocycles. The van der Waals surface area contributed by atoms with Gasteiger partial charge in [0.05, 0.1) is 6.54 Å². The number of rotatable bonds is 10. The standard InChI is InChI=1S/C19H40N6O.HI/c1-6-20-19(23(5)17-18(26)25(7-2)8-3)21-11-9-10-12-24-15-13-22(4)14-16-24;/h6-17H2,1-5H3,(H,20,21);1H. The van der Waals surface area contributed by atoms with Gasteiger partial charge in [-0.15, -0.1) is 24.0 Å². The number of aliphatic imine (C=N–C) groups is 1. The Hall–Kier alpha value is -0.610. The van der Waals surface area contributed by atoms with Crippen molar-refractivity contribution in [1.29, 1.82) is 0 Å². The third-order valence-electron chi connectivity index (χ3n) is 4.92. The molecule has 0 radical (unpaired) electrons. The molecule has 1 amide bonds. The molecule has 1 fully saturated rings. The number of amides is 1. The Morgan fingerprint density at radius 1 is 1.07 bits per heavy atom. The topological polar surface area (TPSA) is 54.4 Å². The van der Waals surface area contributed by atoms with Crippen molar-refractivity contribution in [2.24, 2.45) is 4.99 Å². The van der Waals surface area contributed by atoms with Crippen LogP contribution in [0.1, 0.15) is 33.6 Å². The lowest BCUT2D eigenvalue weighted by Gasteiger charge is -2.32. The number of hydrogen-bond donors (Lipinski definition) is 1. The Morgan fingerprint density at radius 3 is 2.26 bits per heavy atom.